The summed E-state index contributed by atoms with van der Waals surface area (Å²) in [6.45, 7) is 0. The Balaban J connectivity index is 1.01. The molecule has 12 aromatic rings. The number of rotatable bonds is 8. The SMILES string of the molecule is c1ccc(-c2ccc(N(c3ccc(-c4ccc5c(ccc6ccccc65)c4)cc3)c3cccc(-c4cccc5c4c4c(-c6ccccc6)cccc4n5-c4ccccc4)c3)cc2)cc1. The van der Waals surface area contributed by atoms with Crippen LogP contribution in [0.3, 0.4) is 0 Å². The molecule has 0 aliphatic rings. The maximum atomic E-state index is 2.42. The van der Waals surface area contributed by atoms with Crippen molar-refractivity contribution in [2.45, 2.75) is 0 Å². The van der Waals surface area contributed by atoms with E-state index in [1.54, 1.807) is 0 Å². The van der Waals surface area contributed by atoms with Crippen LogP contribution in [-0.4, -0.2) is 4.57 Å². The Bertz CT molecular complexity index is 3630. The number of benzene rings is 11. The van der Waals surface area contributed by atoms with Gasteiger partial charge in [0.25, 0.3) is 0 Å². The minimum Gasteiger partial charge on any atom is -0.310 e. The molecule has 0 spiro atoms. The first-order valence-corrected chi connectivity index (χ1v) is 22.0. The molecular formula is C62H42N2. The molecule has 0 amide bonds. The predicted molar refractivity (Wildman–Crippen MR) is 272 cm³/mol. The Hall–Kier alpha value is -8.46. The van der Waals surface area contributed by atoms with Crippen LogP contribution in [0.4, 0.5) is 17.1 Å². The zero-order chi connectivity index (χ0) is 42.4. The number of hydrogen-bond acceptors (Lipinski definition) is 1. The second kappa shape index (κ2) is 15.8. The summed E-state index contributed by atoms with van der Waals surface area (Å²) in [5.41, 5.74) is 16.3. The van der Waals surface area contributed by atoms with E-state index in [1.807, 2.05) is 0 Å². The minimum absolute atomic E-state index is 1.09. The van der Waals surface area contributed by atoms with E-state index in [9.17, 15) is 0 Å². The van der Waals surface area contributed by atoms with Crippen molar-refractivity contribution in [2.75, 3.05) is 4.90 Å². The molecule has 64 heavy (non-hydrogen) atoms. The van der Waals surface area contributed by atoms with Crippen molar-refractivity contribution in [2.24, 2.45) is 0 Å². The van der Waals surface area contributed by atoms with E-state index in [0.717, 1.165) is 28.3 Å². The maximum absolute atomic E-state index is 2.42. The van der Waals surface area contributed by atoms with Gasteiger partial charge in [0.15, 0.2) is 0 Å². The fourth-order valence-electron chi connectivity index (χ4n) is 9.75. The molecule has 11 aromatic carbocycles. The van der Waals surface area contributed by atoms with Crippen molar-refractivity contribution in [1.29, 1.82) is 0 Å². The summed E-state index contributed by atoms with van der Waals surface area (Å²) in [5.74, 6) is 0. The van der Waals surface area contributed by atoms with E-state index >= 15 is 0 Å². The molecular weight excluding hydrogens is 773 g/mol. The third-order valence-electron chi connectivity index (χ3n) is 12.8. The van der Waals surface area contributed by atoms with Gasteiger partial charge in [-0.1, -0.05) is 188 Å². The number of fused-ring (bicyclic) bond motifs is 6. The predicted octanol–water partition coefficient (Wildman–Crippen LogP) is 17.2. The molecule has 0 N–H and O–H groups in total. The highest BCUT2D eigenvalue weighted by Crippen LogP contribution is 2.45. The van der Waals surface area contributed by atoms with E-state index in [1.165, 1.54) is 82.3 Å². The molecule has 2 nitrogen and oxygen atoms in total. The first-order valence-electron chi connectivity index (χ1n) is 22.0. The third-order valence-corrected chi connectivity index (χ3v) is 12.8. The van der Waals surface area contributed by atoms with Gasteiger partial charge in [0.2, 0.25) is 0 Å². The van der Waals surface area contributed by atoms with Crippen LogP contribution in [0.1, 0.15) is 0 Å². The van der Waals surface area contributed by atoms with Gasteiger partial charge in [0.1, 0.15) is 0 Å². The van der Waals surface area contributed by atoms with Crippen molar-refractivity contribution in [3.8, 4) is 50.2 Å². The zero-order valence-electron chi connectivity index (χ0n) is 35.1. The van der Waals surface area contributed by atoms with Gasteiger partial charge >= 0.3 is 0 Å². The number of hydrogen-bond donors (Lipinski definition) is 0. The molecule has 0 fully saturated rings. The molecule has 0 saturated carbocycles. The molecule has 300 valence electrons. The van der Waals surface area contributed by atoms with Crippen molar-refractivity contribution >= 4 is 60.4 Å². The van der Waals surface area contributed by atoms with Gasteiger partial charge in [-0.15, -0.1) is 0 Å². The summed E-state index contributed by atoms with van der Waals surface area (Å²) in [6, 6.07) is 92.6. The summed E-state index contributed by atoms with van der Waals surface area (Å²) >= 11 is 0. The standard InChI is InChI=1S/C62H42N2/c1-4-15-43(16-5-1)44-31-36-52(37-32-44)63(53-38-33-45(34-39-53)48-35-40-56-50(41-48)30-29-47-19-10-11-24-55(47)56)54-23-12-20-49(42-54)58-26-14-28-60-62(58)61-57(46-17-6-2-7-18-46)25-13-27-59(61)64(60)51-21-8-3-9-22-51/h1-42H. The van der Waals surface area contributed by atoms with E-state index < -0.39 is 0 Å². The number of anilines is 3. The molecule has 0 saturated heterocycles. The Kier molecular flexibility index (Phi) is 9.20. The van der Waals surface area contributed by atoms with Gasteiger partial charge < -0.3 is 9.47 Å². The van der Waals surface area contributed by atoms with Crippen LogP contribution in [0, 0.1) is 0 Å². The molecule has 12 rings (SSSR count). The van der Waals surface area contributed by atoms with Crippen molar-refractivity contribution in [3.63, 3.8) is 0 Å². The van der Waals surface area contributed by atoms with Crippen LogP contribution in [0.25, 0.3) is 93.5 Å². The van der Waals surface area contributed by atoms with Crippen LogP contribution in [0.5, 0.6) is 0 Å². The number of para-hydroxylation sites is 1. The zero-order valence-corrected chi connectivity index (χ0v) is 35.1. The Morgan fingerprint density at radius 3 is 1.42 bits per heavy atom. The summed E-state index contributed by atoms with van der Waals surface area (Å²) in [5, 5.41) is 7.56. The third kappa shape index (κ3) is 6.52. The van der Waals surface area contributed by atoms with Gasteiger partial charge in [0.05, 0.1) is 11.0 Å². The monoisotopic (exact) mass is 814 g/mol. The Labute approximate surface area is 373 Å². The first kappa shape index (κ1) is 37.3. The molecule has 0 aliphatic carbocycles. The van der Waals surface area contributed by atoms with E-state index in [4.69, 9.17) is 0 Å². The molecule has 0 aliphatic heterocycles. The maximum Gasteiger partial charge on any atom is 0.0547 e. The Morgan fingerprint density at radius 2 is 0.750 bits per heavy atom. The molecule has 2 heteroatoms. The van der Waals surface area contributed by atoms with Crippen LogP contribution in [-0.2, 0) is 0 Å². The fourth-order valence-corrected chi connectivity index (χ4v) is 9.75. The lowest BCUT2D eigenvalue weighted by atomic mass is 9.94. The lowest BCUT2D eigenvalue weighted by molar-refractivity contribution is 1.18. The normalized spacial score (nSPS) is 11.4. The second-order valence-electron chi connectivity index (χ2n) is 16.5. The fraction of sp³-hybridized carbons (Fsp3) is 0. The smallest absolute Gasteiger partial charge is 0.0547 e. The molecule has 0 bridgehead atoms. The second-order valence-corrected chi connectivity index (χ2v) is 16.5. The topological polar surface area (TPSA) is 8.17 Å². The van der Waals surface area contributed by atoms with Gasteiger partial charge in [-0.2, -0.15) is 0 Å². The van der Waals surface area contributed by atoms with E-state index in [-0.39, 0.29) is 0 Å². The highest BCUT2D eigenvalue weighted by Gasteiger charge is 2.21. The lowest BCUT2D eigenvalue weighted by Gasteiger charge is -2.26. The van der Waals surface area contributed by atoms with Crippen LogP contribution < -0.4 is 4.90 Å². The molecule has 0 atom stereocenters. The number of nitrogens with zero attached hydrogens (tertiary/aromatic N) is 2. The molecule has 0 radical (unpaired) electrons. The van der Waals surface area contributed by atoms with Crippen molar-refractivity contribution in [1.82, 2.24) is 4.57 Å². The van der Waals surface area contributed by atoms with E-state index in [0.29, 0.717) is 0 Å². The highest BCUT2D eigenvalue weighted by atomic mass is 15.1. The van der Waals surface area contributed by atoms with Gasteiger partial charge in [-0.25, -0.2) is 0 Å². The average molecular weight is 815 g/mol. The van der Waals surface area contributed by atoms with Crippen LogP contribution in [0.15, 0.2) is 255 Å². The highest BCUT2D eigenvalue weighted by molar-refractivity contribution is 6.21. The van der Waals surface area contributed by atoms with Gasteiger partial charge in [0, 0.05) is 33.5 Å². The molecule has 0 unspecified atom stereocenters. The minimum atomic E-state index is 1.09. The van der Waals surface area contributed by atoms with Crippen molar-refractivity contribution < 1.29 is 0 Å². The van der Waals surface area contributed by atoms with Gasteiger partial charge in [-0.05, 0) is 133 Å². The summed E-state index contributed by atoms with van der Waals surface area (Å²) in [7, 11) is 0. The van der Waals surface area contributed by atoms with Crippen LogP contribution in [0.2, 0.25) is 0 Å². The van der Waals surface area contributed by atoms with Crippen molar-refractivity contribution in [3.05, 3.63) is 255 Å². The quantitative estimate of drug-likeness (QED) is 0.139. The Morgan fingerprint density at radius 1 is 0.266 bits per heavy atom. The molecule has 1 heterocycles. The first-order chi connectivity index (χ1) is 31.7. The van der Waals surface area contributed by atoms with Crippen LogP contribution >= 0.6 is 0 Å². The summed E-state index contributed by atoms with van der Waals surface area (Å²) < 4.78 is 2.42. The largest absolute Gasteiger partial charge is 0.310 e. The summed E-state index contributed by atoms with van der Waals surface area (Å²) in [6.07, 6.45) is 0. The van der Waals surface area contributed by atoms with Gasteiger partial charge in [-0.3, -0.25) is 0 Å². The number of aromatic nitrogens is 1. The average Bonchev–Trinajstić information content (AvgIpc) is 3.72. The van der Waals surface area contributed by atoms with E-state index in [2.05, 4.69) is 264 Å². The molecule has 1 aromatic heterocycles. The summed E-state index contributed by atoms with van der Waals surface area (Å²) in [4.78, 5) is 2.39. The lowest BCUT2D eigenvalue weighted by Crippen LogP contribution is -2.10.